The third kappa shape index (κ3) is 5.16. The summed E-state index contributed by atoms with van der Waals surface area (Å²) in [5.41, 5.74) is 3.94. The van der Waals surface area contributed by atoms with Gasteiger partial charge in [-0.3, -0.25) is 4.79 Å². The number of benzene rings is 2. The van der Waals surface area contributed by atoms with E-state index in [0.29, 0.717) is 12.2 Å². The van der Waals surface area contributed by atoms with Crippen LogP contribution in [0.2, 0.25) is 0 Å². The van der Waals surface area contributed by atoms with Gasteiger partial charge < -0.3 is 9.15 Å². The van der Waals surface area contributed by atoms with Crippen LogP contribution in [0.5, 0.6) is 5.75 Å². The van der Waals surface area contributed by atoms with Crippen molar-refractivity contribution >= 4 is 100 Å². The number of furan rings is 1. The molecule has 5 nitrogen and oxygen atoms in total. The van der Waals surface area contributed by atoms with Gasteiger partial charge in [-0.2, -0.15) is 5.10 Å². The Hall–Kier alpha value is -0.920. The molecule has 3 rings (SSSR count). The van der Waals surface area contributed by atoms with E-state index in [-0.39, 0.29) is 5.76 Å². The van der Waals surface area contributed by atoms with Crippen LogP contribution >= 0.6 is 77.0 Å². The number of hydrogen-bond donors (Lipinski definition) is 1. The molecule has 1 heterocycles. The second kappa shape index (κ2) is 9.72. The molecular weight excluding hydrogens is 718 g/mol. The first-order valence-corrected chi connectivity index (χ1v) is 11.6. The minimum absolute atomic E-state index is 0.184. The van der Waals surface area contributed by atoms with Crippen molar-refractivity contribution in [3.05, 3.63) is 70.4 Å². The Kier molecular flexibility index (Phi) is 7.56. The lowest BCUT2D eigenvalue weighted by Gasteiger charge is -2.09. The number of halogens is 4. The number of carbonyl (C=O) groups is 1. The lowest BCUT2D eigenvalue weighted by atomic mass is 10.2. The van der Waals surface area contributed by atoms with Gasteiger partial charge in [-0.05, 0) is 97.0 Å². The van der Waals surface area contributed by atoms with Crippen LogP contribution in [0.4, 0.5) is 0 Å². The van der Waals surface area contributed by atoms with Crippen LogP contribution in [-0.2, 0) is 0 Å². The number of ether oxygens (including phenoxy) is 1. The van der Waals surface area contributed by atoms with Crippen molar-refractivity contribution in [2.24, 2.45) is 5.10 Å². The molecule has 0 unspecified atom stereocenters. The Morgan fingerprint density at radius 2 is 1.93 bits per heavy atom. The van der Waals surface area contributed by atoms with Crippen molar-refractivity contribution < 1.29 is 13.9 Å². The summed E-state index contributed by atoms with van der Waals surface area (Å²) in [7, 11) is 0. The number of rotatable bonds is 6. The quantitative estimate of drug-likeness (QED) is 0.137. The van der Waals surface area contributed by atoms with Crippen LogP contribution in [0.1, 0.15) is 16.1 Å². The van der Waals surface area contributed by atoms with Crippen LogP contribution in [-0.4, -0.2) is 18.7 Å². The van der Waals surface area contributed by atoms with Crippen LogP contribution < -0.4 is 10.2 Å². The fourth-order valence-corrected chi connectivity index (χ4v) is 5.81. The first kappa shape index (κ1) is 21.8. The Labute approximate surface area is 205 Å². The molecule has 0 aliphatic rings. The van der Waals surface area contributed by atoms with Crippen molar-refractivity contribution in [3.8, 4) is 5.75 Å². The summed E-state index contributed by atoms with van der Waals surface area (Å²) in [6.45, 7) is 4.10. The maximum absolute atomic E-state index is 12.3. The summed E-state index contributed by atoms with van der Waals surface area (Å²) in [5, 5.41) is 4.85. The minimum atomic E-state index is -0.425. The van der Waals surface area contributed by atoms with Gasteiger partial charge >= 0.3 is 5.91 Å². The van der Waals surface area contributed by atoms with Crippen LogP contribution in [0.25, 0.3) is 11.0 Å². The Balaban J connectivity index is 1.73. The highest BCUT2D eigenvalue weighted by atomic mass is 127. The normalized spacial score (nSPS) is 11.1. The predicted octanol–water partition coefficient (Wildman–Crippen LogP) is 6.50. The standard InChI is InChI=1S/C19H12Br2I2N2O3/c1-2-3-27-18-14(22)4-10(5-15(18)23)9-24-25-19(26)16-7-11-6-12(20)8-13(21)17(11)28-16/h2,4-9H,1,3H2,(H,25,26)/b24-9-. The Morgan fingerprint density at radius 1 is 1.21 bits per heavy atom. The molecule has 0 fully saturated rings. The van der Waals surface area contributed by atoms with Gasteiger partial charge in [0.15, 0.2) is 5.76 Å². The molecule has 0 spiro atoms. The summed E-state index contributed by atoms with van der Waals surface area (Å²) >= 11 is 11.2. The van der Waals surface area contributed by atoms with Crippen molar-refractivity contribution in [1.29, 1.82) is 0 Å². The molecule has 0 saturated carbocycles. The van der Waals surface area contributed by atoms with Crippen molar-refractivity contribution in [2.75, 3.05) is 6.61 Å². The highest BCUT2D eigenvalue weighted by Crippen LogP contribution is 2.31. The first-order valence-electron chi connectivity index (χ1n) is 7.83. The molecular formula is C19H12Br2I2N2O3. The van der Waals surface area contributed by atoms with Crippen molar-refractivity contribution in [1.82, 2.24) is 5.43 Å². The zero-order valence-corrected chi connectivity index (χ0v) is 21.6. The second-order valence-electron chi connectivity index (χ2n) is 5.53. The molecule has 0 radical (unpaired) electrons. The average Bonchev–Trinajstić information content (AvgIpc) is 3.05. The number of nitrogens with zero attached hydrogens (tertiary/aromatic N) is 1. The highest BCUT2D eigenvalue weighted by molar-refractivity contribution is 14.1. The summed E-state index contributed by atoms with van der Waals surface area (Å²) in [4.78, 5) is 12.3. The van der Waals surface area contributed by atoms with Crippen LogP contribution in [0.3, 0.4) is 0 Å². The monoisotopic (exact) mass is 728 g/mol. The molecule has 0 bridgehead atoms. The fraction of sp³-hybridized carbons (Fsp3) is 0.0526. The molecule has 1 aromatic heterocycles. The zero-order chi connectivity index (χ0) is 20.3. The van der Waals surface area contributed by atoms with Gasteiger partial charge in [0.1, 0.15) is 17.9 Å². The molecule has 0 saturated heterocycles. The predicted molar refractivity (Wildman–Crippen MR) is 134 cm³/mol. The highest BCUT2D eigenvalue weighted by Gasteiger charge is 2.14. The second-order valence-corrected chi connectivity index (χ2v) is 9.62. The molecule has 0 aliphatic carbocycles. The Bertz CT molecular complexity index is 1070. The lowest BCUT2D eigenvalue weighted by Crippen LogP contribution is -2.16. The maximum atomic E-state index is 12.3. The summed E-state index contributed by atoms with van der Waals surface area (Å²) < 4.78 is 14.8. The largest absolute Gasteiger partial charge is 0.487 e. The average molecular weight is 730 g/mol. The molecule has 9 heteroatoms. The number of nitrogens with one attached hydrogen (secondary N) is 1. The fourth-order valence-electron chi connectivity index (χ4n) is 2.34. The number of hydrazone groups is 1. The van der Waals surface area contributed by atoms with Gasteiger partial charge in [-0.25, -0.2) is 5.43 Å². The van der Waals surface area contributed by atoms with E-state index >= 15 is 0 Å². The van der Waals surface area contributed by atoms with E-state index < -0.39 is 5.91 Å². The van der Waals surface area contributed by atoms with Gasteiger partial charge in [0.25, 0.3) is 0 Å². The number of amides is 1. The summed E-state index contributed by atoms with van der Waals surface area (Å²) in [5.74, 6) is 0.565. The molecule has 144 valence electrons. The molecule has 0 aliphatic heterocycles. The molecule has 0 atom stereocenters. The van der Waals surface area contributed by atoms with Gasteiger partial charge in [0, 0.05) is 9.86 Å². The zero-order valence-electron chi connectivity index (χ0n) is 14.1. The molecule has 3 aromatic rings. The number of hydrogen-bond acceptors (Lipinski definition) is 4. The summed E-state index contributed by atoms with van der Waals surface area (Å²) in [6, 6.07) is 9.26. The van der Waals surface area contributed by atoms with Gasteiger partial charge in [0.05, 0.1) is 17.8 Å². The van der Waals surface area contributed by atoms with E-state index in [0.717, 1.165) is 32.8 Å². The van der Waals surface area contributed by atoms with Crippen molar-refractivity contribution in [2.45, 2.75) is 0 Å². The molecule has 2 aromatic carbocycles. The summed E-state index contributed by atoms with van der Waals surface area (Å²) in [6.07, 6.45) is 3.28. The Morgan fingerprint density at radius 3 is 2.61 bits per heavy atom. The van der Waals surface area contributed by atoms with Gasteiger partial charge in [-0.1, -0.05) is 28.6 Å². The van der Waals surface area contributed by atoms with E-state index in [2.05, 4.69) is 94.1 Å². The molecule has 28 heavy (non-hydrogen) atoms. The number of fused-ring (bicyclic) bond motifs is 1. The van der Waals surface area contributed by atoms with E-state index in [9.17, 15) is 4.79 Å². The molecule has 1 amide bonds. The van der Waals surface area contributed by atoms with E-state index in [1.807, 2.05) is 24.3 Å². The van der Waals surface area contributed by atoms with Gasteiger partial charge in [-0.15, -0.1) is 0 Å². The molecule has 1 N–H and O–H groups in total. The van der Waals surface area contributed by atoms with Crippen molar-refractivity contribution in [3.63, 3.8) is 0 Å². The van der Waals surface area contributed by atoms with Crippen LogP contribution in [0.15, 0.2) is 61.5 Å². The van der Waals surface area contributed by atoms with Gasteiger partial charge in [0.2, 0.25) is 0 Å². The van der Waals surface area contributed by atoms with E-state index in [1.54, 1.807) is 18.4 Å². The smallest absolute Gasteiger partial charge is 0.307 e. The first-order chi connectivity index (χ1) is 13.4. The number of carbonyl (C=O) groups excluding carboxylic acids is 1. The SMILES string of the molecule is C=CCOc1c(I)cc(/C=N\NC(=O)c2cc3cc(Br)cc(Br)c3o2)cc1I. The third-order valence-electron chi connectivity index (χ3n) is 3.51. The van der Waals surface area contributed by atoms with E-state index in [1.165, 1.54) is 0 Å². The third-order valence-corrected chi connectivity index (χ3v) is 6.15. The maximum Gasteiger partial charge on any atom is 0.307 e. The minimum Gasteiger partial charge on any atom is -0.487 e. The van der Waals surface area contributed by atoms with E-state index in [4.69, 9.17) is 9.15 Å². The lowest BCUT2D eigenvalue weighted by molar-refractivity contribution is 0.0929. The van der Waals surface area contributed by atoms with Crippen LogP contribution in [0, 0.1) is 7.14 Å². The topological polar surface area (TPSA) is 63.8 Å².